The SMILES string of the molecule is COC(=O)CCC(=O)O[C@H]1CC[C@@]2(C)C(=CC[C@H]3[C@@H]4CC[C@H](C(C)CCCC(C)C)[C@@]4(C)CC[C@@H]32)C1. The zero-order chi connectivity index (χ0) is 26.1. The molecule has 4 aliphatic rings. The predicted octanol–water partition coefficient (Wildman–Crippen LogP) is 7.89. The van der Waals surface area contributed by atoms with E-state index in [0.29, 0.717) is 5.41 Å². The molecule has 0 amide bonds. The molecule has 3 fully saturated rings. The second-order valence-electron chi connectivity index (χ2n) is 13.7. The van der Waals surface area contributed by atoms with Crippen LogP contribution in [0, 0.1) is 46.3 Å². The Labute approximate surface area is 220 Å². The maximum atomic E-state index is 12.3. The normalized spacial score (nSPS) is 38.4. The van der Waals surface area contributed by atoms with Crippen LogP contribution in [0.1, 0.15) is 118 Å². The summed E-state index contributed by atoms with van der Waals surface area (Å²) in [6.45, 7) is 12.4. The highest BCUT2D eigenvalue weighted by Crippen LogP contribution is 2.67. The highest BCUT2D eigenvalue weighted by molar-refractivity contribution is 5.77. The summed E-state index contributed by atoms with van der Waals surface area (Å²) in [5, 5.41) is 0. The number of ether oxygens (including phenoxy) is 2. The Hall–Kier alpha value is -1.32. The van der Waals surface area contributed by atoms with E-state index in [2.05, 4.69) is 45.4 Å². The standard InChI is InChI=1S/C32H52O4/c1-21(2)8-7-9-22(3)26-12-13-27-25-11-10-23-20-24(36-30(34)15-14-29(33)35-6)16-18-31(23,4)28(25)17-19-32(26,27)5/h10,21-22,24-28H,7-9,11-20H2,1-6H3/t22?,24-,25-,26+,27-,28-,31-,32+/m0/s1. The third-order valence-corrected chi connectivity index (χ3v) is 11.3. The van der Waals surface area contributed by atoms with Crippen molar-refractivity contribution in [1.29, 1.82) is 0 Å². The molecule has 0 N–H and O–H groups in total. The van der Waals surface area contributed by atoms with Crippen molar-refractivity contribution in [3.05, 3.63) is 11.6 Å². The number of hydrogen-bond donors (Lipinski definition) is 0. The third-order valence-electron chi connectivity index (χ3n) is 11.3. The molecule has 0 spiro atoms. The summed E-state index contributed by atoms with van der Waals surface area (Å²) in [4.78, 5) is 23.7. The predicted molar refractivity (Wildman–Crippen MR) is 144 cm³/mol. The van der Waals surface area contributed by atoms with Gasteiger partial charge in [0.2, 0.25) is 0 Å². The van der Waals surface area contributed by atoms with Crippen LogP contribution in [0.25, 0.3) is 0 Å². The first kappa shape index (κ1) is 27.7. The molecular formula is C32H52O4. The molecule has 4 rings (SSSR count). The lowest BCUT2D eigenvalue weighted by Crippen LogP contribution is -2.51. The highest BCUT2D eigenvalue weighted by atomic mass is 16.5. The number of carbonyl (C=O) groups is 2. The minimum absolute atomic E-state index is 0.0394. The molecule has 0 radical (unpaired) electrons. The number of carbonyl (C=O) groups excluding carboxylic acids is 2. The molecule has 4 heteroatoms. The van der Waals surface area contributed by atoms with E-state index < -0.39 is 0 Å². The molecule has 4 nitrogen and oxygen atoms in total. The monoisotopic (exact) mass is 500 g/mol. The van der Waals surface area contributed by atoms with Crippen LogP contribution in [0.4, 0.5) is 0 Å². The van der Waals surface area contributed by atoms with Gasteiger partial charge in [0.15, 0.2) is 0 Å². The van der Waals surface area contributed by atoms with Crippen LogP contribution < -0.4 is 0 Å². The van der Waals surface area contributed by atoms with Gasteiger partial charge in [0.25, 0.3) is 0 Å². The molecule has 204 valence electrons. The number of fused-ring (bicyclic) bond motifs is 5. The van der Waals surface area contributed by atoms with Gasteiger partial charge in [-0.05, 0) is 91.3 Å². The summed E-state index contributed by atoms with van der Waals surface area (Å²) in [7, 11) is 1.35. The number of rotatable bonds is 9. The van der Waals surface area contributed by atoms with Crippen molar-refractivity contribution >= 4 is 11.9 Å². The molecule has 8 atom stereocenters. The van der Waals surface area contributed by atoms with E-state index in [4.69, 9.17) is 4.74 Å². The number of allylic oxidation sites excluding steroid dienone is 1. The molecule has 3 saturated carbocycles. The maximum Gasteiger partial charge on any atom is 0.306 e. The summed E-state index contributed by atoms with van der Waals surface area (Å²) in [6, 6.07) is 0. The zero-order valence-electron chi connectivity index (χ0n) is 23.9. The van der Waals surface area contributed by atoms with Crippen LogP contribution in [0.2, 0.25) is 0 Å². The Morgan fingerprint density at radius 3 is 2.44 bits per heavy atom. The van der Waals surface area contributed by atoms with E-state index in [1.807, 2.05) is 0 Å². The summed E-state index contributed by atoms with van der Waals surface area (Å²) in [5.41, 5.74) is 2.33. The minimum Gasteiger partial charge on any atom is -0.469 e. The van der Waals surface area contributed by atoms with Gasteiger partial charge in [-0.1, -0.05) is 65.5 Å². The van der Waals surface area contributed by atoms with Gasteiger partial charge >= 0.3 is 11.9 Å². The first-order valence-electron chi connectivity index (χ1n) is 15.0. The van der Waals surface area contributed by atoms with Gasteiger partial charge in [-0.2, -0.15) is 0 Å². The average molecular weight is 501 g/mol. The van der Waals surface area contributed by atoms with E-state index in [1.54, 1.807) is 5.57 Å². The van der Waals surface area contributed by atoms with Gasteiger partial charge in [0.1, 0.15) is 6.10 Å². The Balaban J connectivity index is 1.38. The second-order valence-corrected chi connectivity index (χ2v) is 13.7. The number of methoxy groups -OCH3 is 1. The Kier molecular flexibility index (Phi) is 8.62. The van der Waals surface area contributed by atoms with E-state index in [9.17, 15) is 9.59 Å². The van der Waals surface area contributed by atoms with Crippen LogP contribution in [0.3, 0.4) is 0 Å². The molecule has 4 aliphatic carbocycles. The van der Waals surface area contributed by atoms with Crippen LogP contribution in [-0.2, 0) is 19.1 Å². The van der Waals surface area contributed by atoms with Crippen LogP contribution in [0.15, 0.2) is 11.6 Å². The van der Waals surface area contributed by atoms with Crippen molar-refractivity contribution in [3.8, 4) is 0 Å². The van der Waals surface area contributed by atoms with Crippen LogP contribution in [-0.4, -0.2) is 25.2 Å². The fourth-order valence-electron chi connectivity index (χ4n) is 9.30. The average Bonchev–Trinajstić information content (AvgIpc) is 3.19. The first-order valence-corrected chi connectivity index (χ1v) is 15.0. The first-order chi connectivity index (χ1) is 17.1. The van der Waals surface area contributed by atoms with Crippen molar-refractivity contribution in [2.24, 2.45) is 46.3 Å². The van der Waals surface area contributed by atoms with Crippen molar-refractivity contribution in [3.63, 3.8) is 0 Å². The van der Waals surface area contributed by atoms with Gasteiger partial charge in [-0.25, -0.2) is 0 Å². The Morgan fingerprint density at radius 1 is 0.972 bits per heavy atom. The van der Waals surface area contributed by atoms with Crippen LogP contribution in [0.5, 0.6) is 0 Å². The minimum atomic E-state index is -0.354. The fourth-order valence-corrected chi connectivity index (χ4v) is 9.30. The molecule has 0 aromatic carbocycles. The largest absolute Gasteiger partial charge is 0.469 e. The quantitative estimate of drug-likeness (QED) is 0.238. The molecule has 1 unspecified atom stereocenters. The Bertz CT molecular complexity index is 830. The van der Waals surface area contributed by atoms with E-state index in [1.165, 1.54) is 58.5 Å². The van der Waals surface area contributed by atoms with Crippen molar-refractivity contribution < 1.29 is 19.1 Å². The van der Waals surface area contributed by atoms with Gasteiger partial charge in [-0.3, -0.25) is 9.59 Å². The molecular weight excluding hydrogens is 448 g/mol. The number of hydrogen-bond acceptors (Lipinski definition) is 4. The van der Waals surface area contributed by atoms with Crippen LogP contribution >= 0.6 is 0 Å². The number of esters is 2. The smallest absolute Gasteiger partial charge is 0.306 e. The topological polar surface area (TPSA) is 52.6 Å². The second kappa shape index (κ2) is 11.2. The van der Waals surface area contributed by atoms with Gasteiger partial charge in [0, 0.05) is 6.42 Å². The van der Waals surface area contributed by atoms with Gasteiger partial charge in [0.05, 0.1) is 20.0 Å². The van der Waals surface area contributed by atoms with E-state index >= 15 is 0 Å². The highest BCUT2D eigenvalue weighted by Gasteiger charge is 2.59. The van der Waals surface area contributed by atoms with E-state index in [-0.39, 0.29) is 36.3 Å². The van der Waals surface area contributed by atoms with Crippen molar-refractivity contribution in [1.82, 2.24) is 0 Å². The zero-order valence-corrected chi connectivity index (χ0v) is 23.9. The fraction of sp³-hybridized carbons (Fsp3) is 0.875. The van der Waals surface area contributed by atoms with Crippen molar-refractivity contribution in [2.45, 2.75) is 124 Å². The molecule has 0 aromatic heterocycles. The summed E-state index contributed by atoms with van der Waals surface area (Å²) in [6.07, 6.45) is 16.7. The maximum absolute atomic E-state index is 12.3. The lowest BCUT2D eigenvalue weighted by molar-refractivity contribution is -0.154. The molecule has 36 heavy (non-hydrogen) atoms. The summed E-state index contributed by atoms with van der Waals surface area (Å²) in [5.74, 6) is 4.42. The van der Waals surface area contributed by atoms with Gasteiger partial charge < -0.3 is 9.47 Å². The lowest BCUT2D eigenvalue weighted by atomic mass is 9.47. The lowest BCUT2D eigenvalue weighted by Gasteiger charge is -2.58. The van der Waals surface area contributed by atoms with Crippen molar-refractivity contribution in [2.75, 3.05) is 7.11 Å². The molecule has 0 aromatic rings. The Morgan fingerprint density at radius 2 is 1.72 bits per heavy atom. The molecule has 0 aliphatic heterocycles. The van der Waals surface area contributed by atoms with Gasteiger partial charge in [-0.15, -0.1) is 0 Å². The third kappa shape index (κ3) is 5.44. The summed E-state index contributed by atoms with van der Waals surface area (Å²) < 4.78 is 10.5. The molecule has 0 saturated heterocycles. The molecule has 0 bridgehead atoms. The summed E-state index contributed by atoms with van der Waals surface area (Å²) >= 11 is 0. The van der Waals surface area contributed by atoms with E-state index in [0.717, 1.165) is 54.8 Å². The molecule has 0 heterocycles.